The van der Waals surface area contributed by atoms with Crippen LogP contribution in [0, 0.1) is 5.92 Å². The number of ketones is 1. The fourth-order valence-electron chi connectivity index (χ4n) is 1.35. The maximum absolute atomic E-state index is 11.4. The zero-order valence-electron chi connectivity index (χ0n) is 7.66. The topological polar surface area (TPSA) is 63.6 Å². The molecule has 0 spiro atoms. The van der Waals surface area contributed by atoms with Crippen LogP contribution >= 0.6 is 0 Å². The molecule has 0 radical (unpaired) electrons. The summed E-state index contributed by atoms with van der Waals surface area (Å²) in [6, 6.07) is 0. The molecule has 1 N–H and O–H groups in total. The first-order valence-electron chi connectivity index (χ1n) is 4.48. The molecule has 0 aromatic rings. The summed E-state index contributed by atoms with van der Waals surface area (Å²) < 4.78 is 5.15. The summed E-state index contributed by atoms with van der Waals surface area (Å²) in [5, 5.41) is 8.58. The third-order valence-electron chi connectivity index (χ3n) is 2.22. The second-order valence-corrected chi connectivity index (χ2v) is 3.41. The van der Waals surface area contributed by atoms with Gasteiger partial charge in [-0.25, -0.2) is 0 Å². The van der Waals surface area contributed by atoms with E-state index in [1.165, 1.54) is 6.92 Å². The van der Waals surface area contributed by atoms with E-state index >= 15 is 0 Å². The van der Waals surface area contributed by atoms with E-state index in [1.807, 2.05) is 0 Å². The number of hydrogen-bond acceptors (Lipinski definition) is 3. The largest absolute Gasteiger partial charge is 0.481 e. The number of Topliss-reactive ketones (excluding diaryl/α,β-unsaturated/α-hetero) is 1. The van der Waals surface area contributed by atoms with Gasteiger partial charge in [-0.3, -0.25) is 9.59 Å². The van der Waals surface area contributed by atoms with Gasteiger partial charge in [0.15, 0.2) is 5.78 Å². The van der Waals surface area contributed by atoms with Crippen molar-refractivity contribution in [2.45, 2.75) is 32.3 Å². The zero-order valence-corrected chi connectivity index (χ0v) is 7.66. The number of aliphatic carboxylic acids is 1. The lowest BCUT2D eigenvalue weighted by atomic mass is 10.0. The van der Waals surface area contributed by atoms with Gasteiger partial charge in [-0.2, -0.15) is 0 Å². The van der Waals surface area contributed by atoms with Gasteiger partial charge >= 0.3 is 5.97 Å². The van der Waals surface area contributed by atoms with E-state index in [0.717, 1.165) is 12.8 Å². The second kappa shape index (κ2) is 4.37. The predicted molar refractivity (Wildman–Crippen MR) is 45.4 cm³/mol. The zero-order chi connectivity index (χ0) is 9.84. The molecule has 2 unspecified atom stereocenters. The normalized spacial score (nSPS) is 24.2. The van der Waals surface area contributed by atoms with Gasteiger partial charge in [-0.05, 0) is 12.8 Å². The molecule has 4 nitrogen and oxygen atoms in total. The Morgan fingerprint density at radius 1 is 1.62 bits per heavy atom. The molecule has 1 aliphatic rings. The molecule has 4 heteroatoms. The Labute approximate surface area is 76.9 Å². The van der Waals surface area contributed by atoms with Crippen molar-refractivity contribution in [3.63, 3.8) is 0 Å². The van der Waals surface area contributed by atoms with Crippen molar-refractivity contribution in [1.82, 2.24) is 0 Å². The summed E-state index contributed by atoms with van der Waals surface area (Å²) in [4.78, 5) is 21.8. The first-order chi connectivity index (χ1) is 6.11. The van der Waals surface area contributed by atoms with Crippen molar-refractivity contribution in [3.05, 3.63) is 0 Å². The first kappa shape index (κ1) is 10.2. The van der Waals surface area contributed by atoms with Crippen LogP contribution in [0.2, 0.25) is 0 Å². The van der Waals surface area contributed by atoms with Crippen LogP contribution in [0.5, 0.6) is 0 Å². The van der Waals surface area contributed by atoms with Crippen molar-refractivity contribution in [2.75, 3.05) is 6.61 Å². The molecule has 2 atom stereocenters. The standard InChI is InChI=1S/C9H14O4/c1-6(9(11)12)5-7(10)8-3-2-4-13-8/h6,8H,2-5H2,1H3,(H,11,12). The Morgan fingerprint density at radius 2 is 2.31 bits per heavy atom. The number of ether oxygens (including phenoxy) is 1. The Morgan fingerprint density at radius 3 is 2.77 bits per heavy atom. The number of carbonyl (C=O) groups excluding carboxylic acids is 1. The van der Waals surface area contributed by atoms with Gasteiger partial charge in [0.1, 0.15) is 6.10 Å². The van der Waals surface area contributed by atoms with Crippen molar-refractivity contribution < 1.29 is 19.4 Å². The monoisotopic (exact) mass is 186 g/mol. The third-order valence-corrected chi connectivity index (χ3v) is 2.22. The average Bonchev–Trinajstić information content (AvgIpc) is 2.55. The van der Waals surface area contributed by atoms with Crippen molar-refractivity contribution in [1.29, 1.82) is 0 Å². The summed E-state index contributed by atoms with van der Waals surface area (Å²) in [6.07, 6.45) is 1.38. The van der Waals surface area contributed by atoms with Crippen LogP contribution in [0.1, 0.15) is 26.2 Å². The molecule has 1 aliphatic heterocycles. The average molecular weight is 186 g/mol. The Kier molecular flexibility index (Phi) is 3.42. The lowest BCUT2D eigenvalue weighted by molar-refractivity contribution is -0.144. The molecule has 0 aliphatic carbocycles. The first-order valence-corrected chi connectivity index (χ1v) is 4.48. The van der Waals surface area contributed by atoms with Crippen LogP contribution in [0.15, 0.2) is 0 Å². The number of carboxylic acids is 1. The van der Waals surface area contributed by atoms with E-state index in [2.05, 4.69) is 0 Å². The second-order valence-electron chi connectivity index (χ2n) is 3.41. The number of carbonyl (C=O) groups is 2. The molecule has 0 bridgehead atoms. The summed E-state index contributed by atoms with van der Waals surface area (Å²) >= 11 is 0. The van der Waals surface area contributed by atoms with E-state index in [1.54, 1.807) is 0 Å². The smallest absolute Gasteiger partial charge is 0.306 e. The van der Waals surface area contributed by atoms with Crippen molar-refractivity contribution in [3.8, 4) is 0 Å². The van der Waals surface area contributed by atoms with Gasteiger partial charge in [-0.1, -0.05) is 6.92 Å². The SMILES string of the molecule is CC(CC(=O)C1CCCO1)C(=O)O. The van der Waals surface area contributed by atoms with Crippen LogP contribution in [0.3, 0.4) is 0 Å². The van der Waals surface area contributed by atoms with Crippen LogP contribution in [-0.4, -0.2) is 29.6 Å². The van der Waals surface area contributed by atoms with Gasteiger partial charge in [0.2, 0.25) is 0 Å². The van der Waals surface area contributed by atoms with Crippen LogP contribution in [0.4, 0.5) is 0 Å². The van der Waals surface area contributed by atoms with E-state index in [-0.39, 0.29) is 18.3 Å². The van der Waals surface area contributed by atoms with E-state index in [0.29, 0.717) is 6.61 Å². The number of carboxylic acid groups (broad SMARTS) is 1. The molecule has 1 heterocycles. The molecule has 74 valence electrons. The van der Waals surface area contributed by atoms with E-state index < -0.39 is 11.9 Å². The van der Waals surface area contributed by atoms with Gasteiger partial charge in [-0.15, -0.1) is 0 Å². The van der Waals surface area contributed by atoms with E-state index in [9.17, 15) is 9.59 Å². The molecule has 0 aromatic heterocycles. The van der Waals surface area contributed by atoms with Crippen LogP contribution in [0.25, 0.3) is 0 Å². The molecule has 1 rings (SSSR count). The highest BCUT2D eigenvalue weighted by molar-refractivity contribution is 5.87. The Hall–Kier alpha value is -0.900. The summed E-state index contributed by atoms with van der Waals surface area (Å²) in [5.74, 6) is -1.60. The molecular formula is C9H14O4. The lowest BCUT2D eigenvalue weighted by Crippen LogP contribution is -2.24. The summed E-state index contributed by atoms with van der Waals surface area (Å²) in [5.41, 5.74) is 0. The number of hydrogen-bond donors (Lipinski definition) is 1. The Bertz CT molecular complexity index is 206. The highest BCUT2D eigenvalue weighted by atomic mass is 16.5. The minimum atomic E-state index is -0.925. The maximum Gasteiger partial charge on any atom is 0.306 e. The summed E-state index contributed by atoms with van der Waals surface area (Å²) in [6.45, 7) is 2.16. The lowest BCUT2D eigenvalue weighted by Gasteiger charge is -2.09. The minimum absolute atomic E-state index is 0.0765. The van der Waals surface area contributed by atoms with Gasteiger partial charge in [0, 0.05) is 13.0 Å². The van der Waals surface area contributed by atoms with Crippen LogP contribution < -0.4 is 0 Å². The molecule has 1 fully saturated rings. The molecule has 0 aromatic carbocycles. The predicted octanol–water partition coefficient (Wildman–Crippen LogP) is 0.845. The molecular weight excluding hydrogens is 172 g/mol. The molecule has 1 saturated heterocycles. The molecule has 0 amide bonds. The van der Waals surface area contributed by atoms with Crippen LogP contribution in [-0.2, 0) is 14.3 Å². The highest BCUT2D eigenvalue weighted by Gasteiger charge is 2.26. The van der Waals surface area contributed by atoms with Crippen molar-refractivity contribution >= 4 is 11.8 Å². The molecule has 0 saturated carbocycles. The summed E-state index contributed by atoms with van der Waals surface area (Å²) in [7, 11) is 0. The highest BCUT2D eigenvalue weighted by Crippen LogP contribution is 2.16. The quantitative estimate of drug-likeness (QED) is 0.706. The molecule has 13 heavy (non-hydrogen) atoms. The number of rotatable bonds is 4. The van der Waals surface area contributed by atoms with Crippen molar-refractivity contribution in [2.24, 2.45) is 5.92 Å². The van der Waals surface area contributed by atoms with Gasteiger partial charge in [0.25, 0.3) is 0 Å². The minimum Gasteiger partial charge on any atom is -0.481 e. The Balaban J connectivity index is 2.35. The maximum atomic E-state index is 11.4. The van der Waals surface area contributed by atoms with E-state index in [4.69, 9.17) is 9.84 Å². The van der Waals surface area contributed by atoms with Gasteiger partial charge in [0.05, 0.1) is 5.92 Å². The fraction of sp³-hybridized carbons (Fsp3) is 0.778. The fourth-order valence-corrected chi connectivity index (χ4v) is 1.35. The van der Waals surface area contributed by atoms with Gasteiger partial charge < -0.3 is 9.84 Å². The third kappa shape index (κ3) is 2.81.